The van der Waals surface area contributed by atoms with Crippen LogP contribution in [0.15, 0.2) is 24.4 Å². The first-order valence-electron chi connectivity index (χ1n) is 7.87. The molecule has 6 heteroatoms. The first-order valence-corrected chi connectivity index (χ1v) is 7.87. The lowest BCUT2D eigenvalue weighted by atomic mass is 9.82. The molecule has 1 aliphatic carbocycles. The summed E-state index contributed by atoms with van der Waals surface area (Å²) in [5.74, 6) is 0.225. The van der Waals surface area contributed by atoms with Gasteiger partial charge in [-0.25, -0.2) is 4.79 Å². The van der Waals surface area contributed by atoms with Gasteiger partial charge in [-0.1, -0.05) is 6.07 Å². The van der Waals surface area contributed by atoms with E-state index in [0.717, 1.165) is 36.6 Å². The van der Waals surface area contributed by atoms with Crippen molar-refractivity contribution in [3.8, 4) is 0 Å². The number of carbonyl (C=O) groups is 2. The number of ether oxygens (including phenoxy) is 1. The lowest BCUT2D eigenvalue weighted by molar-refractivity contribution is 0.0770. The van der Waals surface area contributed by atoms with Crippen LogP contribution in [0.5, 0.6) is 0 Å². The summed E-state index contributed by atoms with van der Waals surface area (Å²) in [6.07, 6.45) is 4.89. The Hall–Kier alpha value is -2.50. The second kappa shape index (κ2) is 6.32. The SMILES string of the molecule is CNC(=O)c1ccc2c(C3CCCC(OC(N)=O)C3)c[nH]c2c1. The minimum atomic E-state index is -0.704. The average molecular weight is 315 g/mol. The quantitative estimate of drug-likeness (QED) is 0.812. The van der Waals surface area contributed by atoms with Crippen molar-refractivity contribution >= 4 is 22.9 Å². The van der Waals surface area contributed by atoms with Gasteiger partial charge in [0.15, 0.2) is 0 Å². The maximum atomic E-state index is 11.7. The van der Waals surface area contributed by atoms with E-state index in [1.54, 1.807) is 7.05 Å². The third kappa shape index (κ3) is 3.16. The number of hydrogen-bond donors (Lipinski definition) is 3. The fourth-order valence-corrected chi connectivity index (χ4v) is 3.47. The zero-order chi connectivity index (χ0) is 16.4. The number of aromatic amines is 1. The summed E-state index contributed by atoms with van der Waals surface area (Å²) in [6.45, 7) is 0. The molecule has 0 aliphatic heterocycles. The number of aromatic nitrogens is 1. The number of H-pyrrole nitrogens is 1. The molecule has 1 aromatic carbocycles. The maximum Gasteiger partial charge on any atom is 0.404 e. The van der Waals surface area contributed by atoms with Gasteiger partial charge in [0, 0.05) is 29.7 Å². The van der Waals surface area contributed by atoms with E-state index in [2.05, 4.69) is 10.3 Å². The zero-order valence-corrected chi connectivity index (χ0v) is 13.1. The van der Waals surface area contributed by atoms with Crippen LogP contribution in [-0.2, 0) is 4.74 Å². The Balaban J connectivity index is 1.85. The van der Waals surface area contributed by atoms with E-state index < -0.39 is 6.09 Å². The van der Waals surface area contributed by atoms with Crippen molar-refractivity contribution in [3.63, 3.8) is 0 Å². The van der Waals surface area contributed by atoms with Crippen molar-refractivity contribution in [2.45, 2.75) is 37.7 Å². The van der Waals surface area contributed by atoms with E-state index in [-0.39, 0.29) is 12.0 Å². The molecule has 0 bridgehead atoms. The molecule has 2 atom stereocenters. The van der Waals surface area contributed by atoms with E-state index in [1.165, 1.54) is 5.56 Å². The van der Waals surface area contributed by atoms with E-state index in [4.69, 9.17) is 10.5 Å². The Morgan fingerprint density at radius 2 is 2.17 bits per heavy atom. The number of fused-ring (bicyclic) bond motifs is 1. The van der Waals surface area contributed by atoms with Crippen molar-refractivity contribution < 1.29 is 14.3 Å². The van der Waals surface area contributed by atoms with E-state index >= 15 is 0 Å². The Morgan fingerprint density at radius 3 is 2.91 bits per heavy atom. The summed E-state index contributed by atoms with van der Waals surface area (Å²) in [7, 11) is 1.62. The summed E-state index contributed by atoms with van der Waals surface area (Å²) >= 11 is 0. The molecule has 0 spiro atoms. The molecule has 1 aliphatic rings. The number of primary amides is 1. The molecule has 1 fully saturated rings. The minimum absolute atomic E-state index is 0.101. The topological polar surface area (TPSA) is 97.2 Å². The van der Waals surface area contributed by atoms with Gasteiger partial charge >= 0.3 is 6.09 Å². The second-order valence-electron chi connectivity index (χ2n) is 6.01. The molecule has 6 nitrogen and oxygen atoms in total. The van der Waals surface area contributed by atoms with Gasteiger partial charge < -0.3 is 20.8 Å². The number of hydrogen-bond acceptors (Lipinski definition) is 3. The minimum Gasteiger partial charge on any atom is -0.446 e. The van der Waals surface area contributed by atoms with E-state index in [0.29, 0.717) is 11.5 Å². The van der Waals surface area contributed by atoms with Crippen LogP contribution in [0.25, 0.3) is 10.9 Å². The zero-order valence-electron chi connectivity index (χ0n) is 13.1. The number of carbonyl (C=O) groups excluding carboxylic acids is 2. The highest BCUT2D eigenvalue weighted by atomic mass is 16.6. The van der Waals surface area contributed by atoms with Crippen LogP contribution in [-0.4, -0.2) is 30.1 Å². The number of nitrogens with two attached hydrogens (primary N) is 1. The molecule has 3 rings (SSSR count). The first kappa shape index (κ1) is 15.4. The molecule has 1 heterocycles. The highest BCUT2D eigenvalue weighted by Gasteiger charge is 2.27. The van der Waals surface area contributed by atoms with Crippen LogP contribution in [0, 0.1) is 0 Å². The molecule has 0 radical (unpaired) electrons. The van der Waals surface area contributed by atoms with Gasteiger partial charge in [-0.3, -0.25) is 4.79 Å². The van der Waals surface area contributed by atoms with E-state index in [9.17, 15) is 9.59 Å². The Labute approximate surface area is 134 Å². The largest absolute Gasteiger partial charge is 0.446 e. The second-order valence-corrected chi connectivity index (χ2v) is 6.01. The van der Waals surface area contributed by atoms with Crippen LogP contribution in [0.1, 0.15) is 47.5 Å². The van der Waals surface area contributed by atoms with Crippen molar-refractivity contribution in [1.29, 1.82) is 0 Å². The molecule has 122 valence electrons. The standard InChI is InChI=1S/C17H21N3O3/c1-19-16(21)11-5-6-13-14(9-20-15(13)8-11)10-3-2-4-12(7-10)23-17(18)22/h5-6,8-10,12,20H,2-4,7H2,1H3,(H2,18,22)(H,19,21). The highest BCUT2D eigenvalue weighted by molar-refractivity contribution is 5.98. The van der Waals surface area contributed by atoms with Gasteiger partial charge in [-0.15, -0.1) is 0 Å². The monoisotopic (exact) mass is 315 g/mol. The molecule has 23 heavy (non-hydrogen) atoms. The van der Waals surface area contributed by atoms with Crippen LogP contribution in [0.2, 0.25) is 0 Å². The normalized spacial score (nSPS) is 21.1. The van der Waals surface area contributed by atoms with Crippen LogP contribution < -0.4 is 11.1 Å². The van der Waals surface area contributed by atoms with Gasteiger partial charge in [-0.2, -0.15) is 0 Å². The average Bonchev–Trinajstić information content (AvgIpc) is 2.96. The predicted molar refractivity (Wildman–Crippen MR) is 87.4 cm³/mol. The predicted octanol–water partition coefficient (Wildman–Crippen LogP) is 2.65. The summed E-state index contributed by atoms with van der Waals surface area (Å²) in [5.41, 5.74) is 7.92. The molecule has 1 aromatic heterocycles. The number of amides is 2. The molecular formula is C17H21N3O3. The van der Waals surface area contributed by atoms with Gasteiger partial charge in [-0.05, 0) is 49.3 Å². The van der Waals surface area contributed by atoms with Crippen molar-refractivity contribution in [2.75, 3.05) is 7.05 Å². The van der Waals surface area contributed by atoms with Gasteiger partial charge in [0.05, 0.1) is 0 Å². The Bertz CT molecular complexity index is 738. The van der Waals surface area contributed by atoms with Gasteiger partial charge in [0.2, 0.25) is 0 Å². The molecule has 2 aromatic rings. The van der Waals surface area contributed by atoms with Crippen molar-refractivity contribution in [3.05, 3.63) is 35.5 Å². The summed E-state index contributed by atoms with van der Waals surface area (Å²) in [5, 5.41) is 3.74. The Morgan fingerprint density at radius 1 is 1.35 bits per heavy atom. The number of rotatable bonds is 3. The van der Waals surface area contributed by atoms with Crippen LogP contribution in [0.4, 0.5) is 4.79 Å². The smallest absolute Gasteiger partial charge is 0.404 e. The number of benzene rings is 1. The third-order valence-corrected chi connectivity index (χ3v) is 4.55. The van der Waals surface area contributed by atoms with Crippen molar-refractivity contribution in [1.82, 2.24) is 10.3 Å². The van der Waals surface area contributed by atoms with Gasteiger partial charge in [0.25, 0.3) is 5.91 Å². The van der Waals surface area contributed by atoms with Crippen LogP contribution in [0.3, 0.4) is 0 Å². The summed E-state index contributed by atoms with van der Waals surface area (Å²) < 4.78 is 5.17. The molecule has 4 N–H and O–H groups in total. The molecular weight excluding hydrogens is 294 g/mol. The highest BCUT2D eigenvalue weighted by Crippen LogP contribution is 2.37. The Kier molecular flexibility index (Phi) is 4.23. The molecule has 2 amide bonds. The lowest BCUT2D eigenvalue weighted by Gasteiger charge is -2.28. The fraction of sp³-hybridized carbons (Fsp3) is 0.412. The fourth-order valence-electron chi connectivity index (χ4n) is 3.47. The van der Waals surface area contributed by atoms with Crippen molar-refractivity contribution in [2.24, 2.45) is 5.73 Å². The molecule has 0 saturated heterocycles. The first-order chi connectivity index (χ1) is 11.1. The molecule has 2 unspecified atom stereocenters. The van der Waals surface area contributed by atoms with Crippen LogP contribution >= 0.6 is 0 Å². The van der Waals surface area contributed by atoms with Gasteiger partial charge in [0.1, 0.15) is 6.10 Å². The molecule has 1 saturated carbocycles. The third-order valence-electron chi connectivity index (χ3n) is 4.55. The maximum absolute atomic E-state index is 11.7. The number of nitrogens with one attached hydrogen (secondary N) is 2. The lowest BCUT2D eigenvalue weighted by Crippen LogP contribution is -2.27. The summed E-state index contributed by atoms with van der Waals surface area (Å²) in [4.78, 5) is 25.9. The van der Waals surface area contributed by atoms with E-state index in [1.807, 2.05) is 24.4 Å². The summed E-state index contributed by atoms with van der Waals surface area (Å²) in [6, 6.07) is 5.67.